The van der Waals surface area contributed by atoms with E-state index < -0.39 is 13.6 Å². The summed E-state index contributed by atoms with van der Waals surface area (Å²) in [5, 5.41) is 0. The Balaban J connectivity index is 5.80. The summed E-state index contributed by atoms with van der Waals surface area (Å²) in [7, 11) is 1.19. The van der Waals surface area contributed by atoms with Gasteiger partial charge in [-0.3, -0.25) is 0 Å². The molecule has 0 atom stereocenters. The quantitative estimate of drug-likeness (QED) is 0.414. The molecule has 94 valence electrons. The van der Waals surface area contributed by atoms with Crippen molar-refractivity contribution in [3.05, 3.63) is 11.1 Å². The first-order valence-corrected chi connectivity index (χ1v) is 6.28. The van der Waals surface area contributed by atoms with Crippen LogP contribution in [-0.4, -0.2) is 20.7 Å². The molecule has 0 rings (SSSR count). The van der Waals surface area contributed by atoms with E-state index >= 15 is 0 Å². The summed E-state index contributed by atoms with van der Waals surface area (Å²) in [6.45, 7) is 1.65. The number of ether oxygens (including phenoxy) is 1. The van der Waals surface area contributed by atoms with Crippen molar-refractivity contribution in [1.82, 2.24) is 0 Å². The zero-order valence-corrected chi connectivity index (χ0v) is 12.8. The first-order valence-electron chi connectivity index (χ1n) is 4.01. The van der Waals surface area contributed by atoms with Crippen LogP contribution in [0.5, 0.6) is 0 Å². The van der Waals surface area contributed by atoms with Gasteiger partial charge in [-0.1, -0.05) is 76.5 Å². The fourth-order valence-electron chi connectivity index (χ4n) is 1.05. The zero-order valence-electron chi connectivity index (χ0n) is 8.29. The maximum Gasteiger partial charge on any atom is 0.333 e. The van der Waals surface area contributed by atoms with Crippen molar-refractivity contribution < 1.29 is 9.53 Å². The molecule has 0 unspecified atom stereocenters. The van der Waals surface area contributed by atoms with Gasteiger partial charge in [0, 0.05) is 11.1 Å². The van der Waals surface area contributed by atoms with Crippen LogP contribution in [0, 0.1) is 0 Å². The molecule has 0 fully saturated rings. The number of halogens is 6. The Morgan fingerprint density at radius 1 is 1.06 bits per heavy atom. The Hall–Kier alpha value is 0.950. The lowest BCUT2D eigenvalue weighted by atomic mass is 10.1. The molecule has 0 aromatic heterocycles. The highest BCUT2D eigenvalue weighted by Gasteiger charge is 2.43. The fraction of sp³-hybridized carbons (Fsp3) is 0.625. The third-order valence-corrected chi connectivity index (χ3v) is 2.79. The highest BCUT2D eigenvalue weighted by atomic mass is 35.6. The molecule has 0 aliphatic heterocycles. The van der Waals surface area contributed by atoms with E-state index in [9.17, 15) is 4.79 Å². The number of rotatable bonds is 2. The molecule has 0 aromatic rings. The molecule has 0 saturated carbocycles. The highest BCUT2D eigenvalue weighted by Crippen LogP contribution is 2.49. The van der Waals surface area contributed by atoms with Crippen molar-refractivity contribution in [3.8, 4) is 0 Å². The predicted octanol–water partition coefficient (Wildman–Crippen LogP) is 4.61. The van der Waals surface area contributed by atoms with Crippen LogP contribution in [0.1, 0.15) is 13.3 Å². The summed E-state index contributed by atoms with van der Waals surface area (Å²) in [5.74, 6) is -0.699. The van der Waals surface area contributed by atoms with E-state index in [4.69, 9.17) is 69.6 Å². The van der Waals surface area contributed by atoms with Crippen molar-refractivity contribution in [2.75, 3.05) is 7.11 Å². The van der Waals surface area contributed by atoms with Gasteiger partial charge in [0.25, 0.3) is 0 Å². The number of esters is 1. The van der Waals surface area contributed by atoms with Gasteiger partial charge >= 0.3 is 5.97 Å². The van der Waals surface area contributed by atoms with Gasteiger partial charge in [0.05, 0.1) is 7.11 Å². The van der Waals surface area contributed by atoms with Crippen molar-refractivity contribution >= 4 is 75.6 Å². The third kappa shape index (κ3) is 4.67. The second kappa shape index (κ2) is 6.21. The minimum atomic E-state index is -2.00. The molecule has 0 heterocycles. The molecule has 2 nitrogen and oxygen atoms in total. The Labute approximate surface area is 124 Å². The summed E-state index contributed by atoms with van der Waals surface area (Å²) in [4.78, 5) is 11.4. The molecule has 8 heteroatoms. The summed E-state index contributed by atoms with van der Waals surface area (Å²) < 4.78 is 0.535. The highest BCUT2D eigenvalue weighted by molar-refractivity contribution is 6.75. The van der Waals surface area contributed by atoms with Gasteiger partial charge in [0.1, 0.15) is 0 Å². The number of allylic oxidation sites excluding steroid dienone is 1. The third-order valence-electron chi connectivity index (χ3n) is 1.65. The normalized spacial score (nSPS) is 12.2. The van der Waals surface area contributed by atoms with Crippen molar-refractivity contribution in [1.29, 1.82) is 0 Å². The van der Waals surface area contributed by atoms with Gasteiger partial charge in [-0.05, 0) is 6.42 Å². The van der Waals surface area contributed by atoms with E-state index in [0.29, 0.717) is 0 Å². The average Bonchev–Trinajstić information content (AvgIpc) is 2.08. The fourth-order valence-corrected chi connectivity index (χ4v) is 3.02. The number of methoxy groups -OCH3 is 1. The van der Waals surface area contributed by atoms with E-state index in [1.165, 1.54) is 7.11 Å². The molecule has 0 N–H and O–H groups in total. The molecule has 0 amide bonds. The van der Waals surface area contributed by atoms with Gasteiger partial charge in [0.2, 0.25) is 7.59 Å². The largest absolute Gasteiger partial charge is 0.466 e. The number of hydrogen-bond acceptors (Lipinski definition) is 2. The van der Waals surface area contributed by atoms with Crippen LogP contribution in [0.2, 0.25) is 0 Å². The lowest BCUT2D eigenvalue weighted by Gasteiger charge is -2.25. The number of hydrogen-bond donors (Lipinski definition) is 0. The lowest BCUT2D eigenvalue weighted by molar-refractivity contribution is -0.136. The topological polar surface area (TPSA) is 26.3 Å². The molecule has 0 aliphatic rings. The van der Waals surface area contributed by atoms with E-state index in [-0.39, 0.29) is 17.6 Å². The minimum Gasteiger partial charge on any atom is -0.466 e. The van der Waals surface area contributed by atoms with E-state index in [0.717, 1.165) is 0 Å². The monoisotopic (exact) mass is 346 g/mol. The average molecular weight is 349 g/mol. The predicted molar refractivity (Wildman–Crippen MR) is 69.9 cm³/mol. The lowest BCUT2D eigenvalue weighted by Crippen LogP contribution is -2.26. The number of carbonyl (C=O) groups is 1. The van der Waals surface area contributed by atoms with E-state index in [1.54, 1.807) is 6.92 Å². The van der Waals surface area contributed by atoms with Crippen LogP contribution >= 0.6 is 69.6 Å². The van der Waals surface area contributed by atoms with Gasteiger partial charge in [-0.15, -0.1) is 0 Å². The van der Waals surface area contributed by atoms with Crippen LogP contribution in [0.4, 0.5) is 0 Å². The second-order valence-electron chi connectivity index (χ2n) is 2.69. The summed E-state index contributed by atoms with van der Waals surface area (Å²) in [6.07, 6.45) is 0.212. The molecule has 0 aliphatic carbocycles. The van der Waals surface area contributed by atoms with Gasteiger partial charge in [-0.25, -0.2) is 4.79 Å². The van der Waals surface area contributed by atoms with Crippen LogP contribution in [-0.2, 0) is 9.53 Å². The Bertz CT molecular complexity index is 283. The molecule has 0 aromatic carbocycles. The van der Waals surface area contributed by atoms with Gasteiger partial charge in [-0.2, -0.15) is 0 Å². The van der Waals surface area contributed by atoms with Gasteiger partial charge in [0.15, 0.2) is 0 Å². The summed E-state index contributed by atoms with van der Waals surface area (Å²) >= 11 is 34.0. The van der Waals surface area contributed by atoms with Crippen LogP contribution < -0.4 is 0 Å². The SMILES string of the molecule is CCC(C(=O)OC)=C(C(Cl)(Cl)Cl)C(Cl)(Cl)Cl. The standard InChI is InChI=1S/C8H8Cl6O2/c1-3-4(6(15)16-2)5(7(9,10)11)8(12,13)14/h3H2,1-2H3. The Kier molecular flexibility index (Phi) is 6.58. The summed E-state index contributed by atoms with van der Waals surface area (Å²) in [6, 6.07) is 0. The van der Waals surface area contributed by atoms with E-state index in [1.807, 2.05) is 0 Å². The Morgan fingerprint density at radius 3 is 1.62 bits per heavy atom. The minimum absolute atomic E-state index is 0.0301. The first kappa shape index (κ1) is 16.9. The van der Waals surface area contributed by atoms with Crippen LogP contribution in [0.15, 0.2) is 11.1 Å². The zero-order chi connectivity index (χ0) is 13.1. The van der Waals surface area contributed by atoms with Crippen molar-refractivity contribution in [2.24, 2.45) is 0 Å². The Morgan fingerprint density at radius 2 is 1.44 bits per heavy atom. The maximum absolute atomic E-state index is 11.4. The van der Waals surface area contributed by atoms with Crippen LogP contribution in [0.25, 0.3) is 0 Å². The maximum atomic E-state index is 11.4. The second-order valence-corrected chi connectivity index (χ2v) is 7.26. The van der Waals surface area contributed by atoms with E-state index in [2.05, 4.69) is 4.74 Å². The number of carbonyl (C=O) groups excluding carboxylic acids is 1. The van der Waals surface area contributed by atoms with Crippen molar-refractivity contribution in [3.63, 3.8) is 0 Å². The summed E-state index contributed by atoms with van der Waals surface area (Å²) in [5.41, 5.74) is -0.188. The first-order chi connectivity index (χ1) is 7.05. The number of alkyl halides is 6. The van der Waals surface area contributed by atoms with Crippen molar-refractivity contribution in [2.45, 2.75) is 20.9 Å². The smallest absolute Gasteiger partial charge is 0.333 e. The molecular formula is C8H8Cl6O2. The molecule has 0 spiro atoms. The molecule has 0 bridgehead atoms. The van der Waals surface area contributed by atoms with Crippen LogP contribution in [0.3, 0.4) is 0 Å². The molecule has 0 radical (unpaired) electrons. The molecular weight excluding hydrogens is 341 g/mol. The molecule has 0 saturated heterocycles. The van der Waals surface area contributed by atoms with Gasteiger partial charge < -0.3 is 4.74 Å². The molecule has 16 heavy (non-hydrogen) atoms.